The highest BCUT2D eigenvalue weighted by atomic mass is 35.5. The van der Waals surface area contributed by atoms with Crippen LogP contribution in [0.5, 0.6) is 0 Å². The molecule has 0 spiro atoms. The van der Waals surface area contributed by atoms with Gasteiger partial charge in [-0.2, -0.15) is 0 Å². The van der Waals surface area contributed by atoms with Gasteiger partial charge in [-0.3, -0.25) is 4.90 Å². The van der Waals surface area contributed by atoms with Gasteiger partial charge in [-0.1, -0.05) is 37.6 Å². The van der Waals surface area contributed by atoms with Crippen molar-refractivity contribution in [3.63, 3.8) is 0 Å². The average molecular weight is 269 g/mol. The molecule has 2 unspecified atom stereocenters. The zero-order valence-electron chi connectivity index (χ0n) is 11.9. The van der Waals surface area contributed by atoms with Crippen molar-refractivity contribution in [3.05, 3.63) is 34.9 Å². The second kappa shape index (κ2) is 7.13. The lowest BCUT2D eigenvalue weighted by Crippen LogP contribution is -2.38. The summed E-state index contributed by atoms with van der Waals surface area (Å²) in [6, 6.07) is 8.36. The molecule has 102 valence electrons. The quantitative estimate of drug-likeness (QED) is 0.852. The highest BCUT2D eigenvalue weighted by molar-refractivity contribution is 6.30. The minimum atomic E-state index is 0.100. The Kier molecular flexibility index (Phi) is 6.13. The molecular formula is C15H25ClN2. The molecule has 0 aliphatic heterocycles. The number of nitrogens with two attached hydrogens (primary N) is 1. The first-order valence-corrected chi connectivity index (χ1v) is 7.01. The van der Waals surface area contributed by atoms with Crippen LogP contribution >= 0.6 is 11.6 Å². The van der Waals surface area contributed by atoms with E-state index in [0.29, 0.717) is 5.92 Å². The Morgan fingerprint density at radius 3 is 2.17 bits per heavy atom. The van der Waals surface area contributed by atoms with Gasteiger partial charge in [-0.15, -0.1) is 0 Å². The van der Waals surface area contributed by atoms with Crippen LogP contribution in [0.4, 0.5) is 0 Å². The van der Waals surface area contributed by atoms with Crippen molar-refractivity contribution in [2.24, 2.45) is 11.7 Å². The van der Waals surface area contributed by atoms with Gasteiger partial charge >= 0.3 is 0 Å². The van der Waals surface area contributed by atoms with E-state index < -0.39 is 0 Å². The lowest BCUT2D eigenvalue weighted by atomic mass is 9.99. The summed E-state index contributed by atoms with van der Waals surface area (Å²) < 4.78 is 0. The van der Waals surface area contributed by atoms with Gasteiger partial charge in [0, 0.05) is 17.1 Å². The van der Waals surface area contributed by atoms with Crippen LogP contribution in [0.3, 0.4) is 0 Å². The zero-order chi connectivity index (χ0) is 13.7. The van der Waals surface area contributed by atoms with E-state index in [2.05, 4.69) is 44.9 Å². The zero-order valence-corrected chi connectivity index (χ0v) is 12.6. The predicted molar refractivity (Wildman–Crippen MR) is 79.9 cm³/mol. The summed E-state index contributed by atoms with van der Waals surface area (Å²) in [5, 5.41) is 0.770. The molecule has 0 saturated heterocycles. The monoisotopic (exact) mass is 268 g/mol. The molecule has 18 heavy (non-hydrogen) atoms. The van der Waals surface area contributed by atoms with Crippen LogP contribution in [-0.2, 0) is 0 Å². The normalized spacial score (nSPS) is 15.1. The van der Waals surface area contributed by atoms with E-state index in [1.807, 2.05) is 12.1 Å². The third-order valence-corrected chi connectivity index (χ3v) is 3.50. The lowest BCUT2D eigenvalue weighted by Gasteiger charge is -2.32. The summed E-state index contributed by atoms with van der Waals surface area (Å²) >= 11 is 5.93. The average Bonchev–Trinajstić information content (AvgIpc) is 2.29. The maximum absolute atomic E-state index is 6.14. The second-order valence-corrected chi connectivity index (χ2v) is 5.96. The maximum Gasteiger partial charge on any atom is 0.0493 e. The Morgan fingerprint density at radius 2 is 1.72 bits per heavy atom. The van der Waals surface area contributed by atoms with Crippen molar-refractivity contribution in [3.8, 4) is 0 Å². The molecule has 0 bridgehead atoms. The van der Waals surface area contributed by atoms with E-state index in [1.54, 1.807) is 0 Å². The highest BCUT2D eigenvalue weighted by Crippen LogP contribution is 2.24. The molecule has 0 radical (unpaired) electrons. The van der Waals surface area contributed by atoms with Crippen molar-refractivity contribution >= 4 is 11.6 Å². The van der Waals surface area contributed by atoms with Gasteiger partial charge in [0.15, 0.2) is 0 Å². The largest absolute Gasteiger partial charge is 0.326 e. The smallest absolute Gasteiger partial charge is 0.0493 e. The third-order valence-electron chi connectivity index (χ3n) is 3.24. The van der Waals surface area contributed by atoms with Gasteiger partial charge in [-0.05, 0) is 50.6 Å². The molecule has 1 aromatic rings. The van der Waals surface area contributed by atoms with Gasteiger partial charge in [0.25, 0.3) is 0 Å². The van der Waals surface area contributed by atoms with Gasteiger partial charge in [0.05, 0.1) is 0 Å². The van der Waals surface area contributed by atoms with E-state index in [1.165, 1.54) is 12.0 Å². The van der Waals surface area contributed by atoms with Gasteiger partial charge in [0.1, 0.15) is 0 Å². The first-order chi connectivity index (χ1) is 8.41. The Bertz CT molecular complexity index is 346. The topological polar surface area (TPSA) is 29.3 Å². The lowest BCUT2D eigenvalue weighted by molar-refractivity contribution is 0.208. The van der Waals surface area contributed by atoms with E-state index in [0.717, 1.165) is 11.6 Å². The number of likely N-dealkylation sites (N-methyl/N-ethyl adjacent to an activating group) is 1. The van der Waals surface area contributed by atoms with E-state index >= 15 is 0 Å². The summed E-state index contributed by atoms with van der Waals surface area (Å²) in [7, 11) is 2.14. The highest BCUT2D eigenvalue weighted by Gasteiger charge is 2.20. The third kappa shape index (κ3) is 4.60. The summed E-state index contributed by atoms with van der Waals surface area (Å²) in [5.41, 5.74) is 7.38. The molecule has 0 aliphatic carbocycles. The predicted octanol–water partition coefficient (Wildman–Crippen LogP) is 3.71. The van der Waals surface area contributed by atoms with Gasteiger partial charge in [0.2, 0.25) is 0 Å². The summed E-state index contributed by atoms with van der Waals surface area (Å²) in [5.74, 6) is 0.714. The Labute approximate surface area is 116 Å². The SMILES string of the molecule is CC(C)CCN(C)C(c1ccc(Cl)cc1)C(C)N. The van der Waals surface area contributed by atoms with Crippen molar-refractivity contribution in [2.75, 3.05) is 13.6 Å². The molecule has 0 amide bonds. The first-order valence-electron chi connectivity index (χ1n) is 6.63. The molecule has 0 aliphatic rings. The van der Waals surface area contributed by atoms with Crippen LogP contribution in [0.1, 0.15) is 38.8 Å². The van der Waals surface area contributed by atoms with Gasteiger partial charge < -0.3 is 5.73 Å². The molecular weight excluding hydrogens is 244 g/mol. The van der Waals surface area contributed by atoms with Crippen molar-refractivity contribution in [1.29, 1.82) is 0 Å². The molecule has 0 fully saturated rings. The Balaban J connectivity index is 2.78. The van der Waals surface area contributed by atoms with E-state index in [-0.39, 0.29) is 12.1 Å². The van der Waals surface area contributed by atoms with Crippen LogP contribution in [-0.4, -0.2) is 24.5 Å². The molecule has 2 N–H and O–H groups in total. The molecule has 2 nitrogen and oxygen atoms in total. The van der Waals surface area contributed by atoms with Gasteiger partial charge in [-0.25, -0.2) is 0 Å². The van der Waals surface area contributed by atoms with E-state index in [9.17, 15) is 0 Å². The molecule has 2 atom stereocenters. The number of hydrogen-bond acceptors (Lipinski definition) is 2. The van der Waals surface area contributed by atoms with Crippen LogP contribution < -0.4 is 5.73 Å². The first kappa shape index (κ1) is 15.5. The molecule has 3 heteroatoms. The van der Waals surface area contributed by atoms with Crippen LogP contribution in [0.15, 0.2) is 24.3 Å². The summed E-state index contributed by atoms with van der Waals surface area (Å²) in [6.45, 7) is 7.62. The van der Waals surface area contributed by atoms with Crippen molar-refractivity contribution in [2.45, 2.75) is 39.3 Å². The molecule has 0 heterocycles. The van der Waals surface area contributed by atoms with Crippen molar-refractivity contribution in [1.82, 2.24) is 4.90 Å². The standard InChI is InChI=1S/C15H25ClN2/c1-11(2)9-10-18(4)15(12(3)17)13-5-7-14(16)8-6-13/h5-8,11-12,15H,9-10,17H2,1-4H3. The van der Waals surface area contributed by atoms with Crippen LogP contribution in [0.25, 0.3) is 0 Å². The number of nitrogens with zero attached hydrogens (tertiary/aromatic N) is 1. The number of hydrogen-bond donors (Lipinski definition) is 1. The van der Waals surface area contributed by atoms with Crippen LogP contribution in [0, 0.1) is 5.92 Å². The Morgan fingerprint density at radius 1 is 1.17 bits per heavy atom. The minimum absolute atomic E-state index is 0.100. The molecule has 0 saturated carbocycles. The van der Waals surface area contributed by atoms with Crippen LogP contribution in [0.2, 0.25) is 5.02 Å². The Hall–Kier alpha value is -0.570. The minimum Gasteiger partial charge on any atom is -0.326 e. The second-order valence-electron chi connectivity index (χ2n) is 5.52. The number of halogens is 1. The summed E-state index contributed by atoms with van der Waals surface area (Å²) in [4.78, 5) is 2.34. The van der Waals surface area contributed by atoms with Crippen molar-refractivity contribution < 1.29 is 0 Å². The fraction of sp³-hybridized carbons (Fsp3) is 0.600. The number of rotatable bonds is 6. The molecule has 1 rings (SSSR count). The number of benzene rings is 1. The molecule has 1 aromatic carbocycles. The maximum atomic E-state index is 6.14. The fourth-order valence-corrected chi connectivity index (χ4v) is 2.35. The molecule has 0 aromatic heterocycles. The summed E-state index contributed by atoms with van der Waals surface area (Å²) in [6.07, 6.45) is 1.19. The fourth-order valence-electron chi connectivity index (χ4n) is 2.22. The van der Waals surface area contributed by atoms with E-state index in [4.69, 9.17) is 17.3 Å².